The van der Waals surface area contributed by atoms with Gasteiger partial charge in [-0.2, -0.15) is 0 Å². The predicted molar refractivity (Wildman–Crippen MR) is 149 cm³/mol. The van der Waals surface area contributed by atoms with E-state index in [4.69, 9.17) is 9.47 Å². The lowest BCUT2D eigenvalue weighted by Gasteiger charge is -2.32. The van der Waals surface area contributed by atoms with Crippen LogP contribution in [-0.4, -0.2) is 35.3 Å². The molecule has 2 rings (SSSR count). The first-order valence-corrected chi connectivity index (χ1v) is 14.0. The second kappa shape index (κ2) is 16.0. The molecule has 210 valence electrons. The standard InChI is InChI=1S/C30H44N2O6/c1-6-7-8-9-10-11-12-13-14-15-19-37-29(33)26-22(4)31-23(5)27(30(34)38-21(2)3)28(26)24-17-16-18-25(20-24)32(35)36/h16-18,20-21,27-28H,6-15,19H2,1-5H3. The minimum absolute atomic E-state index is 0.116. The zero-order chi connectivity index (χ0) is 28.1. The van der Waals surface area contributed by atoms with Crippen molar-refractivity contribution in [3.63, 3.8) is 0 Å². The number of unbranched alkanes of at least 4 members (excludes halogenated alkanes) is 9. The van der Waals surface area contributed by atoms with Gasteiger partial charge in [-0.05, 0) is 39.7 Å². The Balaban J connectivity index is 2.11. The number of nitro benzene ring substituents is 1. The van der Waals surface area contributed by atoms with Gasteiger partial charge in [0.1, 0.15) is 5.92 Å². The summed E-state index contributed by atoms with van der Waals surface area (Å²) in [4.78, 5) is 41.9. The number of nitrogens with zero attached hydrogens (tertiary/aromatic N) is 2. The molecule has 0 saturated heterocycles. The number of non-ortho nitro benzene ring substituents is 1. The molecular formula is C30H44N2O6. The van der Waals surface area contributed by atoms with E-state index in [-0.39, 0.29) is 24.0 Å². The Labute approximate surface area is 227 Å². The minimum Gasteiger partial charge on any atom is -0.462 e. The second-order valence-corrected chi connectivity index (χ2v) is 10.4. The summed E-state index contributed by atoms with van der Waals surface area (Å²) >= 11 is 0. The van der Waals surface area contributed by atoms with Crippen LogP contribution in [0, 0.1) is 16.0 Å². The van der Waals surface area contributed by atoms with Crippen LogP contribution in [0.4, 0.5) is 5.69 Å². The van der Waals surface area contributed by atoms with E-state index in [1.54, 1.807) is 39.8 Å². The third-order valence-electron chi connectivity index (χ3n) is 6.83. The Morgan fingerprint density at radius 1 is 1.00 bits per heavy atom. The second-order valence-electron chi connectivity index (χ2n) is 10.4. The van der Waals surface area contributed by atoms with E-state index in [0.29, 0.717) is 17.0 Å². The lowest BCUT2D eigenvalue weighted by atomic mass is 9.75. The molecule has 0 aromatic heterocycles. The van der Waals surface area contributed by atoms with Crippen molar-refractivity contribution in [2.45, 2.75) is 111 Å². The number of carbonyl (C=O) groups is 2. The van der Waals surface area contributed by atoms with Gasteiger partial charge in [-0.1, -0.05) is 76.8 Å². The first-order chi connectivity index (χ1) is 18.2. The summed E-state index contributed by atoms with van der Waals surface area (Å²) in [5.74, 6) is -2.75. The van der Waals surface area contributed by atoms with Gasteiger partial charge in [0, 0.05) is 29.5 Å². The molecule has 0 N–H and O–H groups in total. The molecule has 1 aromatic rings. The molecule has 1 aromatic carbocycles. The topological polar surface area (TPSA) is 108 Å². The van der Waals surface area contributed by atoms with Gasteiger partial charge >= 0.3 is 11.9 Å². The van der Waals surface area contributed by atoms with E-state index >= 15 is 0 Å². The number of carbonyl (C=O) groups excluding carboxylic acids is 2. The Kier molecular flexibility index (Phi) is 13.2. The highest BCUT2D eigenvalue weighted by molar-refractivity contribution is 6.07. The van der Waals surface area contributed by atoms with Crippen LogP contribution in [-0.2, 0) is 19.1 Å². The Morgan fingerprint density at radius 3 is 2.18 bits per heavy atom. The molecule has 1 heterocycles. The molecule has 8 heteroatoms. The fourth-order valence-electron chi connectivity index (χ4n) is 4.94. The number of benzene rings is 1. The zero-order valence-corrected chi connectivity index (χ0v) is 23.7. The number of rotatable bonds is 16. The lowest BCUT2D eigenvalue weighted by molar-refractivity contribution is -0.384. The van der Waals surface area contributed by atoms with Crippen LogP contribution in [0.25, 0.3) is 0 Å². The highest BCUT2D eigenvalue weighted by Crippen LogP contribution is 2.41. The predicted octanol–water partition coefficient (Wildman–Crippen LogP) is 7.46. The average molecular weight is 529 g/mol. The van der Waals surface area contributed by atoms with Crippen molar-refractivity contribution in [1.29, 1.82) is 0 Å². The maximum absolute atomic E-state index is 13.3. The summed E-state index contributed by atoms with van der Waals surface area (Å²) in [5, 5.41) is 11.5. The van der Waals surface area contributed by atoms with Gasteiger partial charge in [-0.15, -0.1) is 0 Å². The van der Waals surface area contributed by atoms with E-state index in [1.165, 1.54) is 57.1 Å². The molecule has 2 atom stereocenters. The van der Waals surface area contributed by atoms with Gasteiger partial charge in [-0.3, -0.25) is 19.9 Å². The Hall–Kier alpha value is -3.03. The van der Waals surface area contributed by atoms with Crippen molar-refractivity contribution in [3.05, 3.63) is 51.2 Å². The Morgan fingerprint density at radius 2 is 1.61 bits per heavy atom. The van der Waals surface area contributed by atoms with Crippen molar-refractivity contribution in [3.8, 4) is 0 Å². The molecular weight excluding hydrogens is 484 g/mol. The van der Waals surface area contributed by atoms with Crippen molar-refractivity contribution < 1.29 is 24.0 Å². The normalized spacial score (nSPS) is 17.4. The highest BCUT2D eigenvalue weighted by atomic mass is 16.6. The summed E-state index contributed by atoms with van der Waals surface area (Å²) in [6.45, 7) is 9.41. The summed E-state index contributed by atoms with van der Waals surface area (Å²) in [5.41, 5.74) is 1.55. The summed E-state index contributed by atoms with van der Waals surface area (Å²) in [6, 6.07) is 6.03. The summed E-state index contributed by atoms with van der Waals surface area (Å²) in [6.07, 6.45) is 11.4. The van der Waals surface area contributed by atoms with Gasteiger partial charge in [0.2, 0.25) is 0 Å². The number of esters is 2. The SMILES string of the molecule is CCCCCCCCCCCCOC(=O)C1=C(C)N=C(C)C(C(=O)OC(C)C)C1c1cccc([N+](=O)[O-])c1. The van der Waals surface area contributed by atoms with Gasteiger partial charge in [0.05, 0.1) is 23.2 Å². The number of nitro groups is 1. The van der Waals surface area contributed by atoms with Crippen molar-refractivity contribution in [2.24, 2.45) is 10.9 Å². The van der Waals surface area contributed by atoms with Gasteiger partial charge in [0.25, 0.3) is 5.69 Å². The number of aliphatic imine (C=N–C) groups is 1. The first-order valence-electron chi connectivity index (χ1n) is 14.0. The molecule has 38 heavy (non-hydrogen) atoms. The molecule has 2 unspecified atom stereocenters. The molecule has 8 nitrogen and oxygen atoms in total. The number of ether oxygens (including phenoxy) is 2. The van der Waals surface area contributed by atoms with Crippen LogP contribution in [0.2, 0.25) is 0 Å². The molecule has 0 amide bonds. The van der Waals surface area contributed by atoms with Gasteiger partial charge in [-0.25, -0.2) is 4.79 Å². The fourth-order valence-corrected chi connectivity index (χ4v) is 4.94. The Bertz CT molecular complexity index is 1010. The average Bonchev–Trinajstić information content (AvgIpc) is 2.86. The van der Waals surface area contributed by atoms with E-state index in [1.807, 2.05) is 0 Å². The molecule has 0 saturated carbocycles. The largest absolute Gasteiger partial charge is 0.462 e. The van der Waals surface area contributed by atoms with Crippen molar-refractivity contribution >= 4 is 23.3 Å². The van der Waals surface area contributed by atoms with Crippen LogP contribution in [0.15, 0.2) is 40.5 Å². The molecule has 0 aliphatic carbocycles. The maximum Gasteiger partial charge on any atom is 0.336 e. The lowest BCUT2D eigenvalue weighted by Crippen LogP contribution is -2.37. The molecule has 1 aliphatic heterocycles. The molecule has 0 fully saturated rings. The van der Waals surface area contributed by atoms with Crippen LogP contribution in [0.5, 0.6) is 0 Å². The maximum atomic E-state index is 13.3. The fraction of sp³-hybridized carbons (Fsp3) is 0.633. The van der Waals surface area contributed by atoms with E-state index < -0.39 is 28.7 Å². The van der Waals surface area contributed by atoms with Crippen molar-refractivity contribution in [1.82, 2.24) is 0 Å². The summed E-state index contributed by atoms with van der Waals surface area (Å²) in [7, 11) is 0. The molecule has 0 spiro atoms. The molecule has 1 aliphatic rings. The van der Waals surface area contributed by atoms with Crippen LogP contribution in [0.1, 0.15) is 110 Å². The van der Waals surface area contributed by atoms with Crippen LogP contribution in [0.3, 0.4) is 0 Å². The number of hydrogen-bond donors (Lipinski definition) is 0. The summed E-state index contributed by atoms with van der Waals surface area (Å²) < 4.78 is 11.1. The van der Waals surface area contributed by atoms with Crippen LogP contribution < -0.4 is 0 Å². The van der Waals surface area contributed by atoms with E-state index in [0.717, 1.165) is 19.3 Å². The quantitative estimate of drug-likeness (QED) is 0.0953. The first kappa shape index (κ1) is 31.2. The highest BCUT2D eigenvalue weighted by Gasteiger charge is 2.43. The van der Waals surface area contributed by atoms with Crippen LogP contribution >= 0.6 is 0 Å². The molecule has 0 radical (unpaired) electrons. The zero-order valence-electron chi connectivity index (χ0n) is 23.7. The third kappa shape index (κ3) is 9.37. The van der Waals surface area contributed by atoms with Crippen molar-refractivity contribution in [2.75, 3.05) is 6.61 Å². The monoisotopic (exact) mass is 528 g/mol. The molecule has 0 bridgehead atoms. The number of hydrogen-bond acceptors (Lipinski definition) is 7. The van der Waals surface area contributed by atoms with E-state index in [9.17, 15) is 19.7 Å². The smallest absolute Gasteiger partial charge is 0.336 e. The number of allylic oxidation sites excluding steroid dienone is 1. The van der Waals surface area contributed by atoms with E-state index in [2.05, 4.69) is 11.9 Å². The van der Waals surface area contributed by atoms with Gasteiger partial charge < -0.3 is 9.47 Å². The minimum atomic E-state index is -0.886. The van der Waals surface area contributed by atoms with Gasteiger partial charge in [0.15, 0.2) is 0 Å². The third-order valence-corrected chi connectivity index (χ3v) is 6.83.